The number of hydrogen-bond acceptors (Lipinski definition) is 1. The van der Waals surface area contributed by atoms with Gasteiger partial charge in [0.25, 0.3) is 5.92 Å². The Morgan fingerprint density at radius 1 is 1.40 bits per heavy atom. The van der Waals surface area contributed by atoms with Crippen molar-refractivity contribution in [3.8, 4) is 0 Å². The van der Waals surface area contributed by atoms with Gasteiger partial charge < -0.3 is 5.73 Å². The van der Waals surface area contributed by atoms with Gasteiger partial charge in [-0.2, -0.15) is 0 Å². The summed E-state index contributed by atoms with van der Waals surface area (Å²) in [5, 5.41) is 0. The van der Waals surface area contributed by atoms with E-state index in [1.165, 1.54) is 13.8 Å². The van der Waals surface area contributed by atoms with Gasteiger partial charge in [0.05, 0.1) is 0 Å². The average Bonchev–Trinajstić information content (AvgIpc) is 1.65. The molecule has 1 rings (SSSR count). The molecule has 10 heavy (non-hydrogen) atoms. The van der Waals surface area contributed by atoms with Crippen molar-refractivity contribution in [1.29, 1.82) is 0 Å². The molecular weight excluding hydrogens is 160 g/mol. The fourth-order valence-corrected chi connectivity index (χ4v) is 0.935. The molecule has 1 nitrogen and oxygen atoms in total. The van der Waals surface area contributed by atoms with Crippen molar-refractivity contribution in [3.05, 3.63) is 0 Å². The Kier molecular flexibility index (Phi) is 2.33. The number of nitrogens with two attached hydrogens (primary N) is 1. The first kappa shape index (κ1) is 10.1. The van der Waals surface area contributed by atoms with Gasteiger partial charge in [0.1, 0.15) is 0 Å². The first-order valence-corrected chi connectivity index (χ1v) is 3.01. The van der Waals surface area contributed by atoms with E-state index in [2.05, 4.69) is 0 Å². The topological polar surface area (TPSA) is 26.0 Å². The zero-order valence-corrected chi connectivity index (χ0v) is 6.84. The van der Waals surface area contributed by atoms with E-state index < -0.39 is 11.3 Å². The van der Waals surface area contributed by atoms with E-state index in [0.29, 0.717) is 0 Å². The molecule has 0 aromatic rings. The zero-order chi connectivity index (χ0) is 7.28. The van der Waals surface area contributed by atoms with Crippen molar-refractivity contribution >= 4 is 12.4 Å². The minimum atomic E-state index is -2.54. The molecule has 0 aromatic carbocycles. The van der Waals surface area contributed by atoms with E-state index in [1.54, 1.807) is 0 Å². The summed E-state index contributed by atoms with van der Waals surface area (Å²) < 4.78 is 25.0. The smallest absolute Gasteiger partial charge is 0.256 e. The van der Waals surface area contributed by atoms with Crippen molar-refractivity contribution in [2.24, 2.45) is 11.1 Å². The minimum Gasteiger partial charge on any atom is -0.327 e. The number of rotatable bonds is 0. The zero-order valence-electron chi connectivity index (χ0n) is 6.03. The average molecular weight is 172 g/mol. The summed E-state index contributed by atoms with van der Waals surface area (Å²) in [6, 6.07) is -0.326. The summed E-state index contributed by atoms with van der Waals surface area (Å²) in [6.07, 6.45) is -0.153. The Labute approximate surface area is 65.4 Å². The lowest BCUT2D eigenvalue weighted by Crippen LogP contribution is -2.62. The third-order valence-electron chi connectivity index (χ3n) is 2.35. The first-order chi connectivity index (χ1) is 3.88. The van der Waals surface area contributed by atoms with E-state index >= 15 is 0 Å². The van der Waals surface area contributed by atoms with Gasteiger partial charge in [-0.1, -0.05) is 13.8 Å². The predicted octanol–water partition coefficient (Wildman–Crippen LogP) is 1.80. The molecule has 4 heteroatoms. The van der Waals surface area contributed by atoms with Gasteiger partial charge in [0.2, 0.25) is 0 Å². The van der Waals surface area contributed by atoms with Gasteiger partial charge in [0, 0.05) is 17.9 Å². The highest BCUT2D eigenvalue weighted by Crippen LogP contribution is 2.52. The van der Waals surface area contributed by atoms with Gasteiger partial charge >= 0.3 is 0 Å². The van der Waals surface area contributed by atoms with Crippen LogP contribution in [0.1, 0.15) is 20.3 Å². The lowest BCUT2D eigenvalue weighted by atomic mass is 9.64. The van der Waals surface area contributed by atoms with Crippen LogP contribution < -0.4 is 5.73 Å². The second-order valence-corrected chi connectivity index (χ2v) is 3.24. The molecule has 0 aromatic heterocycles. The van der Waals surface area contributed by atoms with Crippen LogP contribution in [-0.4, -0.2) is 12.0 Å². The van der Waals surface area contributed by atoms with Crippen molar-refractivity contribution in [1.82, 2.24) is 0 Å². The molecule has 0 radical (unpaired) electrons. The third-order valence-corrected chi connectivity index (χ3v) is 2.35. The molecule has 0 amide bonds. The molecule has 1 unspecified atom stereocenters. The van der Waals surface area contributed by atoms with E-state index in [1.807, 2.05) is 0 Å². The standard InChI is InChI=1S/C6H11F2N.ClH/c1-5(2)4(9)3-6(5,7)8;/h4H,3,9H2,1-2H3;1H. The molecule has 0 aliphatic heterocycles. The Morgan fingerprint density at radius 2 is 1.80 bits per heavy atom. The van der Waals surface area contributed by atoms with Crippen LogP contribution in [0, 0.1) is 5.41 Å². The maximum Gasteiger partial charge on any atom is 0.256 e. The predicted molar refractivity (Wildman–Crippen MR) is 38.6 cm³/mol. The monoisotopic (exact) mass is 171 g/mol. The summed E-state index contributed by atoms with van der Waals surface area (Å²) in [5.74, 6) is -2.54. The van der Waals surface area contributed by atoms with E-state index in [-0.39, 0.29) is 24.9 Å². The maximum atomic E-state index is 12.5. The summed E-state index contributed by atoms with van der Waals surface area (Å²) in [5.41, 5.74) is 4.37. The summed E-state index contributed by atoms with van der Waals surface area (Å²) in [7, 11) is 0. The van der Waals surface area contributed by atoms with Crippen LogP contribution in [0.15, 0.2) is 0 Å². The van der Waals surface area contributed by atoms with Crippen molar-refractivity contribution < 1.29 is 8.78 Å². The third kappa shape index (κ3) is 1.01. The summed E-state index contributed by atoms with van der Waals surface area (Å²) in [4.78, 5) is 0. The Balaban J connectivity index is 0.000000810. The quantitative estimate of drug-likeness (QED) is 0.591. The van der Waals surface area contributed by atoms with Crippen LogP contribution in [0.5, 0.6) is 0 Å². The Bertz CT molecular complexity index is 136. The SMILES string of the molecule is CC1(C)C(N)CC1(F)F.Cl. The van der Waals surface area contributed by atoms with Crippen LogP contribution in [-0.2, 0) is 0 Å². The van der Waals surface area contributed by atoms with Gasteiger partial charge in [0.15, 0.2) is 0 Å². The lowest BCUT2D eigenvalue weighted by Gasteiger charge is -2.49. The molecule has 1 aliphatic carbocycles. The van der Waals surface area contributed by atoms with Crippen LogP contribution in [0.3, 0.4) is 0 Å². The molecule has 1 fully saturated rings. The second kappa shape index (κ2) is 2.31. The van der Waals surface area contributed by atoms with Gasteiger partial charge in [-0.25, -0.2) is 8.78 Å². The van der Waals surface area contributed by atoms with Crippen LogP contribution in [0.2, 0.25) is 0 Å². The van der Waals surface area contributed by atoms with E-state index in [4.69, 9.17) is 5.73 Å². The van der Waals surface area contributed by atoms with Crippen LogP contribution >= 0.6 is 12.4 Å². The first-order valence-electron chi connectivity index (χ1n) is 3.01. The van der Waals surface area contributed by atoms with Gasteiger partial charge in [-0.3, -0.25) is 0 Å². The molecule has 0 spiro atoms. The number of hydrogen-bond donors (Lipinski definition) is 1. The van der Waals surface area contributed by atoms with Crippen molar-refractivity contribution in [2.75, 3.05) is 0 Å². The molecule has 62 valence electrons. The molecule has 0 bridgehead atoms. The highest BCUT2D eigenvalue weighted by Gasteiger charge is 2.60. The molecule has 2 N–H and O–H groups in total. The van der Waals surface area contributed by atoms with Gasteiger partial charge in [-0.05, 0) is 0 Å². The fraction of sp³-hybridized carbons (Fsp3) is 1.00. The largest absolute Gasteiger partial charge is 0.327 e. The molecular formula is C6H12ClF2N. The summed E-state index contributed by atoms with van der Waals surface area (Å²) >= 11 is 0. The molecule has 1 saturated carbocycles. The number of alkyl halides is 2. The second-order valence-electron chi connectivity index (χ2n) is 3.24. The molecule has 0 saturated heterocycles. The summed E-state index contributed by atoms with van der Waals surface area (Å²) in [6.45, 7) is 3.00. The molecule has 1 atom stereocenters. The highest BCUT2D eigenvalue weighted by atomic mass is 35.5. The normalized spacial score (nSPS) is 33.9. The van der Waals surface area contributed by atoms with Crippen LogP contribution in [0.25, 0.3) is 0 Å². The minimum absolute atomic E-state index is 0. The Morgan fingerprint density at radius 3 is 1.80 bits per heavy atom. The Hall–Kier alpha value is 0.110. The van der Waals surface area contributed by atoms with E-state index in [0.717, 1.165) is 0 Å². The van der Waals surface area contributed by atoms with Crippen LogP contribution in [0.4, 0.5) is 8.78 Å². The molecule has 1 aliphatic rings. The van der Waals surface area contributed by atoms with Crippen molar-refractivity contribution in [2.45, 2.75) is 32.2 Å². The fourth-order valence-electron chi connectivity index (χ4n) is 0.935. The molecule has 0 heterocycles. The number of halogens is 3. The maximum absolute atomic E-state index is 12.5. The highest BCUT2D eigenvalue weighted by molar-refractivity contribution is 5.85. The van der Waals surface area contributed by atoms with Gasteiger partial charge in [-0.15, -0.1) is 12.4 Å². The van der Waals surface area contributed by atoms with E-state index in [9.17, 15) is 8.78 Å². The lowest BCUT2D eigenvalue weighted by molar-refractivity contribution is -0.196. The van der Waals surface area contributed by atoms with Crippen molar-refractivity contribution in [3.63, 3.8) is 0 Å².